The van der Waals surface area contributed by atoms with E-state index in [2.05, 4.69) is 0 Å². The van der Waals surface area contributed by atoms with Crippen LogP contribution in [0.1, 0.15) is 22.8 Å². The second-order valence-electron chi connectivity index (χ2n) is 3.14. The minimum atomic E-state index is -1.55. The summed E-state index contributed by atoms with van der Waals surface area (Å²) in [5.74, 6) is -1.29. The molecule has 0 aliphatic heterocycles. The fourth-order valence-electron chi connectivity index (χ4n) is 1.26. The van der Waals surface area contributed by atoms with Crippen molar-refractivity contribution in [2.75, 3.05) is 0 Å². The molecule has 3 nitrogen and oxygen atoms in total. The molecule has 0 saturated heterocycles. The molecule has 1 aromatic carbocycles. The van der Waals surface area contributed by atoms with E-state index in [9.17, 15) is 9.90 Å². The van der Waals surface area contributed by atoms with E-state index in [4.69, 9.17) is 16.7 Å². The molecule has 0 spiro atoms. The first-order chi connectivity index (χ1) is 6.45. The van der Waals surface area contributed by atoms with E-state index in [1.54, 1.807) is 19.1 Å². The number of carboxylic acid groups (broad SMARTS) is 1. The van der Waals surface area contributed by atoms with Crippen LogP contribution in [-0.4, -0.2) is 16.2 Å². The number of aliphatic carboxylic acids is 1. The minimum absolute atomic E-state index is 0.277. The third-order valence-corrected chi connectivity index (χ3v) is 2.57. The quantitative estimate of drug-likeness (QED) is 0.793. The normalized spacial score (nSPS) is 12.6. The average molecular weight is 215 g/mol. The molecule has 0 heterocycles. The molecule has 0 amide bonds. The van der Waals surface area contributed by atoms with Gasteiger partial charge in [0, 0.05) is 10.6 Å². The molecule has 1 unspecified atom stereocenters. The van der Waals surface area contributed by atoms with Crippen LogP contribution >= 0.6 is 11.6 Å². The third-order valence-electron chi connectivity index (χ3n) is 2.24. The summed E-state index contributed by atoms with van der Waals surface area (Å²) in [5.41, 5.74) is 1.90. The fourth-order valence-corrected chi connectivity index (χ4v) is 1.57. The number of carbonyl (C=O) groups is 1. The number of aryl methyl sites for hydroxylation is 1. The van der Waals surface area contributed by atoms with Crippen molar-refractivity contribution in [3.05, 3.63) is 33.8 Å². The molecule has 2 N–H and O–H groups in total. The Bertz CT molecular complexity index is 374. The molecule has 0 bridgehead atoms. The minimum Gasteiger partial charge on any atom is -0.479 e. The fraction of sp³-hybridized carbons (Fsp3) is 0.300. The highest BCUT2D eigenvalue weighted by atomic mass is 35.5. The van der Waals surface area contributed by atoms with Gasteiger partial charge >= 0.3 is 5.97 Å². The largest absolute Gasteiger partial charge is 0.479 e. The van der Waals surface area contributed by atoms with E-state index in [1.807, 2.05) is 6.92 Å². The van der Waals surface area contributed by atoms with Gasteiger partial charge in [0.05, 0.1) is 0 Å². The van der Waals surface area contributed by atoms with E-state index in [-0.39, 0.29) is 10.6 Å². The standard InChI is InChI=1S/C10H11ClO3/c1-5-3-4-7(11)8(6(5)2)9(12)10(13)14/h3-4,9,12H,1-2H3,(H,13,14). The van der Waals surface area contributed by atoms with Gasteiger partial charge in [0.2, 0.25) is 0 Å². The molecule has 0 aliphatic carbocycles. The lowest BCUT2D eigenvalue weighted by Gasteiger charge is -2.13. The summed E-state index contributed by atoms with van der Waals surface area (Å²) in [6, 6.07) is 3.38. The summed E-state index contributed by atoms with van der Waals surface area (Å²) in [5, 5.41) is 18.3. The smallest absolute Gasteiger partial charge is 0.337 e. The highest BCUT2D eigenvalue weighted by molar-refractivity contribution is 6.31. The zero-order chi connectivity index (χ0) is 10.9. The molecule has 0 saturated carbocycles. The maximum Gasteiger partial charge on any atom is 0.337 e. The number of aliphatic hydroxyl groups excluding tert-OH is 1. The molecule has 1 rings (SSSR count). The molecule has 14 heavy (non-hydrogen) atoms. The number of hydrogen-bond acceptors (Lipinski definition) is 2. The second kappa shape index (κ2) is 3.98. The maximum absolute atomic E-state index is 10.6. The lowest BCUT2D eigenvalue weighted by molar-refractivity contribution is -0.147. The van der Waals surface area contributed by atoms with Crippen molar-refractivity contribution < 1.29 is 15.0 Å². The zero-order valence-corrected chi connectivity index (χ0v) is 8.67. The van der Waals surface area contributed by atoms with Crippen molar-refractivity contribution in [1.29, 1.82) is 0 Å². The summed E-state index contributed by atoms with van der Waals surface area (Å²) >= 11 is 5.82. The molecular formula is C10H11ClO3. The Kier molecular flexibility index (Phi) is 3.13. The topological polar surface area (TPSA) is 57.5 Å². The van der Waals surface area contributed by atoms with Crippen LogP contribution in [0.4, 0.5) is 0 Å². The summed E-state index contributed by atoms with van der Waals surface area (Å²) in [4.78, 5) is 10.6. The number of hydrogen-bond donors (Lipinski definition) is 2. The van der Waals surface area contributed by atoms with Gasteiger partial charge in [-0.25, -0.2) is 4.79 Å². The predicted molar refractivity (Wildman–Crippen MR) is 53.5 cm³/mol. The molecule has 0 radical (unpaired) electrons. The highest BCUT2D eigenvalue weighted by Crippen LogP contribution is 2.28. The second-order valence-corrected chi connectivity index (χ2v) is 3.55. The molecule has 76 valence electrons. The molecule has 0 aliphatic rings. The molecular weight excluding hydrogens is 204 g/mol. The Morgan fingerprint density at radius 1 is 1.43 bits per heavy atom. The van der Waals surface area contributed by atoms with Gasteiger partial charge in [0.25, 0.3) is 0 Å². The van der Waals surface area contributed by atoms with Gasteiger partial charge in [-0.1, -0.05) is 17.7 Å². The molecule has 4 heteroatoms. The number of halogens is 1. The Morgan fingerprint density at radius 2 is 2.00 bits per heavy atom. The van der Waals surface area contributed by atoms with Crippen molar-refractivity contribution in [2.45, 2.75) is 20.0 Å². The van der Waals surface area contributed by atoms with Crippen molar-refractivity contribution in [1.82, 2.24) is 0 Å². The van der Waals surface area contributed by atoms with Crippen LogP contribution in [0.2, 0.25) is 5.02 Å². The summed E-state index contributed by atoms with van der Waals surface area (Å²) in [6.07, 6.45) is -1.55. The Labute approximate surface area is 86.9 Å². The SMILES string of the molecule is Cc1ccc(Cl)c(C(O)C(=O)O)c1C. The van der Waals surface area contributed by atoms with Crippen LogP contribution in [0.25, 0.3) is 0 Å². The van der Waals surface area contributed by atoms with E-state index >= 15 is 0 Å². The van der Waals surface area contributed by atoms with Gasteiger partial charge in [-0.2, -0.15) is 0 Å². The van der Waals surface area contributed by atoms with E-state index in [0.29, 0.717) is 5.56 Å². The Hall–Kier alpha value is -1.06. The number of carboxylic acids is 1. The molecule has 1 atom stereocenters. The third kappa shape index (κ3) is 1.89. The zero-order valence-electron chi connectivity index (χ0n) is 7.91. The molecule has 0 aromatic heterocycles. The van der Waals surface area contributed by atoms with Crippen molar-refractivity contribution in [3.8, 4) is 0 Å². The Morgan fingerprint density at radius 3 is 2.50 bits per heavy atom. The van der Waals surface area contributed by atoms with Crippen LogP contribution in [0.5, 0.6) is 0 Å². The summed E-state index contributed by atoms with van der Waals surface area (Å²) in [7, 11) is 0. The number of benzene rings is 1. The van der Waals surface area contributed by atoms with Crippen LogP contribution in [0.3, 0.4) is 0 Å². The van der Waals surface area contributed by atoms with Crippen LogP contribution in [0.15, 0.2) is 12.1 Å². The number of aliphatic hydroxyl groups is 1. The van der Waals surface area contributed by atoms with Crippen LogP contribution < -0.4 is 0 Å². The van der Waals surface area contributed by atoms with E-state index < -0.39 is 12.1 Å². The van der Waals surface area contributed by atoms with Crippen molar-refractivity contribution in [3.63, 3.8) is 0 Å². The van der Waals surface area contributed by atoms with Gasteiger partial charge in [-0.15, -0.1) is 0 Å². The van der Waals surface area contributed by atoms with Gasteiger partial charge in [0.15, 0.2) is 6.10 Å². The lowest BCUT2D eigenvalue weighted by atomic mass is 9.99. The molecule has 0 fully saturated rings. The maximum atomic E-state index is 10.6. The Balaban J connectivity index is 3.32. The van der Waals surface area contributed by atoms with Gasteiger partial charge in [-0.05, 0) is 31.0 Å². The van der Waals surface area contributed by atoms with Gasteiger partial charge in [0.1, 0.15) is 0 Å². The van der Waals surface area contributed by atoms with Gasteiger partial charge in [-0.3, -0.25) is 0 Å². The monoisotopic (exact) mass is 214 g/mol. The summed E-state index contributed by atoms with van der Waals surface area (Å²) in [6.45, 7) is 3.58. The first-order valence-electron chi connectivity index (χ1n) is 4.11. The first kappa shape index (κ1) is 11.0. The van der Waals surface area contributed by atoms with Crippen LogP contribution in [0, 0.1) is 13.8 Å². The summed E-state index contributed by atoms with van der Waals surface area (Å²) < 4.78 is 0. The van der Waals surface area contributed by atoms with Crippen LogP contribution in [-0.2, 0) is 4.79 Å². The highest BCUT2D eigenvalue weighted by Gasteiger charge is 2.21. The average Bonchev–Trinajstić information content (AvgIpc) is 2.12. The predicted octanol–water partition coefficient (Wildman–Crippen LogP) is 2.07. The first-order valence-corrected chi connectivity index (χ1v) is 4.49. The van der Waals surface area contributed by atoms with Crippen molar-refractivity contribution >= 4 is 17.6 Å². The van der Waals surface area contributed by atoms with Crippen molar-refractivity contribution in [2.24, 2.45) is 0 Å². The molecule has 1 aromatic rings. The lowest BCUT2D eigenvalue weighted by Crippen LogP contribution is -2.13. The van der Waals surface area contributed by atoms with E-state index in [1.165, 1.54) is 0 Å². The van der Waals surface area contributed by atoms with E-state index in [0.717, 1.165) is 5.56 Å². The number of rotatable bonds is 2. The van der Waals surface area contributed by atoms with Gasteiger partial charge < -0.3 is 10.2 Å².